The van der Waals surface area contributed by atoms with E-state index in [-0.39, 0.29) is 30.7 Å². The van der Waals surface area contributed by atoms with Crippen molar-refractivity contribution in [2.75, 3.05) is 19.8 Å². The summed E-state index contributed by atoms with van der Waals surface area (Å²) in [5.41, 5.74) is 6.00. The minimum absolute atomic E-state index is 0. The standard InChI is InChI=1S/C11H15NO2.C8H8FNO2.C2H7N.ClH/c1-3-6-9-7-5-8-12-10(9)11(13)14-4-2;1-2-12-8(11)7-6(9)4-3-5-10-7;1-2-3;/h5,7-8H,3-4,6H2,1-2H3;3-5H,2H2,1H3;2-3H2,1H3;1H. The van der Waals surface area contributed by atoms with Gasteiger partial charge in [-0.2, -0.15) is 0 Å². The van der Waals surface area contributed by atoms with E-state index in [1.54, 1.807) is 20.0 Å². The summed E-state index contributed by atoms with van der Waals surface area (Å²) in [5.74, 6) is -1.71. The van der Waals surface area contributed by atoms with Crippen LogP contribution in [0.2, 0.25) is 0 Å². The smallest absolute Gasteiger partial charge is 0.359 e. The van der Waals surface area contributed by atoms with Crippen LogP contribution in [0.3, 0.4) is 0 Å². The quantitative estimate of drug-likeness (QED) is 0.673. The first-order chi connectivity index (χ1) is 14.0. The lowest BCUT2D eigenvalue weighted by atomic mass is 10.1. The highest BCUT2D eigenvalue weighted by atomic mass is 35.5. The van der Waals surface area contributed by atoms with Crippen LogP contribution in [0.15, 0.2) is 36.7 Å². The van der Waals surface area contributed by atoms with Gasteiger partial charge in [-0.05, 0) is 50.6 Å². The molecule has 0 amide bonds. The predicted molar refractivity (Wildman–Crippen MR) is 116 cm³/mol. The number of hydrogen-bond donors (Lipinski definition) is 1. The minimum Gasteiger partial charge on any atom is -0.461 e. The second-order valence-electron chi connectivity index (χ2n) is 5.44. The van der Waals surface area contributed by atoms with Crippen molar-refractivity contribution in [3.63, 3.8) is 0 Å². The van der Waals surface area contributed by atoms with Crippen molar-refractivity contribution in [1.82, 2.24) is 9.97 Å². The third-order valence-electron chi connectivity index (χ3n) is 3.11. The third-order valence-corrected chi connectivity index (χ3v) is 3.11. The van der Waals surface area contributed by atoms with Crippen LogP contribution in [0.1, 0.15) is 60.7 Å². The number of pyridine rings is 2. The van der Waals surface area contributed by atoms with Gasteiger partial charge in [-0.25, -0.2) is 23.9 Å². The number of esters is 2. The fourth-order valence-corrected chi connectivity index (χ4v) is 2.03. The van der Waals surface area contributed by atoms with Crippen LogP contribution in [-0.4, -0.2) is 41.7 Å². The molecule has 0 saturated heterocycles. The molecule has 168 valence electrons. The van der Waals surface area contributed by atoms with E-state index in [4.69, 9.17) is 10.5 Å². The number of nitrogens with zero attached hydrogens (tertiary/aromatic N) is 2. The van der Waals surface area contributed by atoms with Crippen LogP contribution in [0.4, 0.5) is 4.39 Å². The van der Waals surface area contributed by atoms with Crippen molar-refractivity contribution in [3.8, 4) is 0 Å². The molecule has 0 atom stereocenters. The van der Waals surface area contributed by atoms with E-state index in [0.29, 0.717) is 12.3 Å². The van der Waals surface area contributed by atoms with E-state index in [1.165, 1.54) is 18.3 Å². The zero-order valence-electron chi connectivity index (χ0n) is 17.9. The lowest BCUT2D eigenvalue weighted by Crippen LogP contribution is -2.10. The minimum atomic E-state index is -0.726. The number of rotatable bonds is 6. The van der Waals surface area contributed by atoms with E-state index < -0.39 is 11.8 Å². The van der Waals surface area contributed by atoms with Crippen molar-refractivity contribution in [3.05, 3.63) is 59.4 Å². The molecule has 0 spiro atoms. The molecule has 0 aliphatic rings. The lowest BCUT2D eigenvalue weighted by molar-refractivity contribution is 0.0506. The Hall–Kier alpha value is -2.58. The molecule has 0 bridgehead atoms. The maximum Gasteiger partial charge on any atom is 0.359 e. The lowest BCUT2D eigenvalue weighted by Gasteiger charge is -2.05. The topological polar surface area (TPSA) is 104 Å². The molecule has 2 N–H and O–H groups in total. The first-order valence-electron chi connectivity index (χ1n) is 9.55. The first kappa shape index (κ1) is 29.6. The van der Waals surface area contributed by atoms with Gasteiger partial charge >= 0.3 is 11.9 Å². The Morgan fingerprint density at radius 3 is 1.87 bits per heavy atom. The van der Waals surface area contributed by atoms with Crippen LogP contribution in [0, 0.1) is 5.82 Å². The molecule has 0 aliphatic carbocycles. The second-order valence-corrected chi connectivity index (χ2v) is 5.44. The predicted octanol–water partition coefficient (Wildman–Crippen LogP) is 4.00. The van der Waals surface area contributed by atoms with Gasteiger partial charge < -0.3 is 15.2 Å². The highest BCUT2D eigenvalue weighted by Crippen LogP contribution is 2.09. The summed E-state index contributed by atoms with van der Waals surface area (Å²) in [4.78, 5) is 30.0. The Morgan fingerprint density at radius 2 is 1.40 bits per heavy atom. The molecule has 7 nitrogen and oxygen atoms in total. The van der Waals surface area contributed by atoms with Crippen LogP contribution >= 0.6 is 12.4 Å². The molecular formula is C21H31ClFN3O4. The zero-order chi connectivity index (χ0) is 22.1. The van der Waals surface area contributed by atoms with E-state index in [2.05, 4.69) is 21.6 Å². The molecule has 0 fully saturated rings. The van der Waals surface area contributed by atoms with Gasteiger partial charge in [0, 0.05) is 12.4 Å². The number of hydrogen-bond acceptors (Lipinski definition) is 7. The average Bonchev–Trinajstić information content (AvgIpc) is 2.70. The summed E-state index contributed by atoms with van der Waals surface area (Å²) in [7, 11) is 0. The SMILES string of the molecule is CCCc1cccnc1C(=O)OCC.CCN.CCOC(=O)c1ncccc1F.Cl. The Morgan fingerprint density at radius 1 is 0.933 bits per heavy atom. The fraction of sp³-hybridized carbons (Fsp3) is 0.429. The molecule has 0 unspecified atom stereocenters. The Balaban J connectivity index is 0. The Kier molecular flexibility index (Phi) is 18.2. The van der Waals surface area contributed by atoms with Crippen LogP contribution < -0.4 is 5.73 Å². The second kappa shape index (κ2) is 18.4. The number of aromatic nitrogens is 2. The van der Waals surface area contributed by atoms with Gasteiger partial charge in [0.15, 0.2) is 17.2 Å². The monoisotopic (exact) mass is 443 g/mol. The summed E-state index contributed by atoms with van der Waals surface area (Å²) in [6, 6.07) is 6.34. The van der Waals surface area contributed by atoms with Crippen molar-refractivity contribution in [2.24, 2.45) is 5.73 Å². The molecule has 0 saturated carbocycles. The highest BCUT2D eigenvalue weighted by molar-refractivity contribution is 5.88. The van der Waals surface area contributed by atoms with Crippen molar-refractivity contribution in [2.45, 2.75) is 40.5 Å². The number of nitrogens with two attached hydrogens (primary N) is 1. The summed E-state index contributed by atoms with van der Waals surface area (Å²) in [5, 5.41) is 0. The van der Waals surface area contributed by atoms with Gasteiger partial charge in [0.2, 0.25) is 0 Å². The molecule has 2 aromatic rings. The number of halogens is 2. The summed E-state index contributed by atoms with van der Waals surface area (Å²) in [6.45, 7) is 8.77. The molecule has 0 radical (unpaired) electrons. The Bertz CT molecular complexity index is 748. The molecule has 9 heteroatoms. The van der Waals surface area contributed by atoms with Gasteiger partial charge in [-0.3, -0.25) is 0 Å². The maximum atomic E-state index is 12.8. The summed E-state index contributed by atoms with van der Waals surface area (Å²) >= 11 is 0. The van der Waals surface area contributed by atoms with Gasteiger partial charge in [0.05, 0.1) is 13.2 Å². The zero-order valence-corrected chi connectivity index (χ0v) is 18.7. The normalized spacial score (nSPS) is 9.00. The average molecular weight is 444 g/mol. The number of carbonyl (C=O) groups excluding carboxylic acids is 2. The van der Waals surface area contributed by atoms with E-state index in [1.807, 2.05) is 19.1 Å². The van der Waals surface area contributed by atoms with E-state index >= 15 is 0 Å². The van der Waals surface area contributed by atoms with E-state index in [9.17, 15) is 14.0 Å². The Labute approximate surface area is 183 Å². The molecule has 0 aromatic carbocycles. The van der Waals surface area contributed by atoms with Crippen molar-refractivity contribution in [1.29, 1.82) is 0 Å². The molecule has 2 aromatic heterocycles. The maximum absolute atomic E-state index is 12.8. The largest absolute Gasteiger partial charge is 0.461 e. The fourth-order valence-electron chi connectivity index (χ4n) is 2.03. The van der Waals surface area contributed by atoms with Crippen molar-refractivity contribution < 1.29 is 23.5 Å². The van der Waals surface area contributed by atoms with E-state index in [0.717, 1.165) is 24.9 Å². The van der Waals surface area contributed by atoms with Crippen LogP contribution in [0.5, 0.6) is 0 Å². The highest BCUT2D eigenvalue weighted by Gasteiger charge is 2.13. The first-order valence-corrected chi connectivity index (χ1v) is 9.55. The van der Waals surface area contributed by atoms with Crippen LogP contribution in [0.25, 0.3) is 0 Å². The third kappa shape index (κ3) is 11.4. The van der Waals surface area contributed by atoms with Gasteiger partial charge in [-0.15, -0.1) is 12.4 Å². The van der Waals surface area contributed by atoms with Gasteiger partial charge in [0.1, 0.15) is 0 Å². The molecule has 2 rings (SSSR count). The number of aryl methyl sites for hydroxylation is 1. The molecule has 2 heterocycles. The van der Waals surface area contributed by atoms with Gasteiger partial charge in [0.25, 0.3) is 0 Å². The number of carbonyl (C=O) groups is 2. The van der Waals surface area contributed by atoms with Gasteiger partial charge in [-0.1, -0.05) is 26.3 Å². The molecule has 30 heavy (non-hydrogen) atoms. The molecular weight excluding hydrogens is 413 g/mol. The summed E-state index contributed by atoms with van der Waals surface area (Å²) in [6.07, 6.45) is 4.82. The summed E-state index contributed by atoms with van der Waals surface area (Å²) < 4.78 is 22.3. The van der Waals surface area contributed by atoms with Crippen LogP contribution in [-0.2, 0) is 15.9 Å². The van der Waals surface area contributed by atoms with Crippen molar-refractivity contribution >= 4 is 24.3 Å². The number of ether oxygens (including phenoxy) is 2. The molecule has 0 aliphatic heterocycles.